The fourth-order valence-corrected chi connectivity index (χ4v) is 4.99. The van der Waals surface area contributed by atoms with Crippen LogP contribution in [0.15, 0.2) is 82.8 Å². The zero-order valence-corrected chi connectivity index (χ0v) is 20.9. The van der Waals surface area contributed by atoms with Gasteiger partial charge in [-0.2, -0.15) is 5.10 Å². The van der Waals surface area contributed by atoms with E-state index >= 15 is 0 Å². The first kappa shape index (κ1) is 25.6. The fraction of sp³-hybridized carbons (Fsp3) is 0.192. The van der Waals surface area contributed by atoms with E-state index in [0.29, 0.717) is 17.1 Å². The highest BCUT2D eigenvalue weighted by Gasteiger charge is 2.28. The molecule has 0 heterocycles. The van der Waals surface area contributed by atoms with Crippen LogP contribution in [0.2, 0.25) is 0 Å². The molecule has 0 radical (unpaired) electrons. The summed E-state index contributed by atoms with van der Waals surface area (Å²) in [5.41, 5.74) is 6.50. The normalized spacial score (nSPS) is 11.6. The first-order valence-electron chi connectivity index (χ1n) is 10.9. The molecule has 0 aliphatic heterocycles. The summed E-state index contributed by atoms with van der Waals surface area (Å²) < 4.78 is 28.0. The monoisotopic (exact) mass is 492 g/mol. The van der Waals surface area contributed by atoms with E-state index in [1.165, 1.54) is 19.1 Å². The second kappa shape index (κ2) is 11.0. The van der Waals surface area contributed by atoms with Crippen molar-refractivity contribution in [2.45, 2.75) is 32.6 Å². The average molecular weight is 493 g/mol. The number of benzene rings is 3. The molecular formula is C26H28N4O4S. The Morgan fingerprint density at radius 3 is 2.17 bits per heavy atom. The molecule has 0 unspecified atom stereocenters. The van der Waals surface area contributed by atoms with Gasteiger partial charge in [0.25, 0.3) is 15.9 Å². The third-order valence-electron chi connectivity index (χ3n) is 5.21. The molecule has 0 aliphatic carbocycles. The number of carbonyl (C=O) groups excluding carboxylic acids is 2. The quantitative estimate of drug-likeness (QED) is 0.366. The van der Waals surface area contributed by atoms with Gasteiger partial charge < -0.3 is 5.32 Å². The van der Waals surface area contributed by atoms with E-state index < -0.39 is 22.5 Å². The number of aryl methyl sites for hydroxylation is 2. The summed E-state index contributed by atoms with van der Waals surface area (Å²) in [6.07, 6.45) is 0. The molecule has 0 aromatic heterocycles. The van der Waals surface area contributed by atoms with Crippen molar-refractivity contribution in [3.63, 3.8) is 0 Å². The lowest BCUT2D eigenvalue weighted by Gasteiger charge is -2.25. The Balaban J connectivity index is 1.83. The van der Waals surface area contributed by atoms with E-state index in [2.05, 4.69) is 15.8 Å². The molecule has 35 heavy (non-hydrogen) atoms. The lowest BCUT2D eigenvalue weighted by atomic mass is 10.1. The highest BCUT2D eigenvalue weighted by Crippen LogP contribution is 2.27. The van der Waals surface area contributed by atoms with Crippen molar-refractivity contribution in [1.29, 1.82) is 0 Å². The largest absolute Gasteiger partial charge is 0.326 e. The first-order valence-corrected chi connectivity index (χ1v) is 12.4. The van der Waals surface area contributed by atoms with Gasteiger partial charge in [0, 0.05) is 12.6 Å². The number of hydrogen-bond donors (Lipinski definition) is 2. The van der Waals surface area contributed by atoms with Crippen LogP contribution < -0.4 is 15.0 Å². The van der Waals surface area contributed by atoms with Crippen molar-refractivity contribution >= 4 is 38.9 Å². The van der Waals surface area contributed by atoms with Crippen LogP contribution >= 0.6 is 0 Å². The fourth-order valence-electron chi connectivity index (χ4n) is 3.48. The molecule has 0 atom stereocenters. The van der Waals surface area contributed by atoms with Crippen molar-refractivity contribution in [2.24, 2.45) is 5.10 Å². The number of anilines is 2. The molecule has 0 aliphatic rings. The van der Waals surface area contributed by atoms with Gasteiger partial charge in [-0.3, -0.25) is 13.9 Å². The molecule has 3 aromatic carbocycles. The molecule has 2 N–H and O–H groups in total. The molecule has 182 valence electrons. The van der Waals surface area contributed by atoms with Crippen LogP contribution in [0.3, 0.4) is 0 Å². The zero-order chi connectivity index (χ0) is 25.6. The van der Waals surface area contributed by atoms with E-state index in [-0.39, 0.29) is 10.8 Å². The van der Waals surface area contributed by atoms with Gasteiger partial charge in [0.15, 0.2) is 0 Å². The van der Waals surface area contributed by atoms with Crippen molar-refractivity contribution in [2.75, 3.05) is 16.2 Å². The number of hydrazone groups is 1. The van der Waals surface area contributed by atoms with Crippen LogP contribution in [0.5, 0.6) is 0 Å². The lowest BCUT2D eigenvalue weighted by Crippen LogP contribution is -2.40. The number of nitrogens with one attached hydrogen (secondary N) is 2. The standard InChI is InChI=1S/C26H28N4O4S/c1-18-10-15-25(19(2)16-18)30(35(33,34)24-8-6-5-7-9-24)17-26(32)29-28-20(3)22-11-13-23(14-12-22)27-21(4)31/h5-16H,17H2,1-4H3,(H,27,31)(H,29,32)/b28-20-. The van der Waals surface area contributed by atoms with E-state index in [0.717, 1.165) is 21.0 Å². The minimum atomic E-state index is -4.00. The minimum Gasteiger partial charge on any atom is -0.326 e. The Labute approximate surface area is 205 Å². The van der Waals surface area contributed by atoms with Crippen molar-refractivity contribution in [3.05, 3.63) is 89.5 Å². The summed E-state index contributed by atoms with van der Waals surface area (Å²) in [6, 6.07) is 20.3. The maximum absolute atomic E-state index is 13.5. The zero-order valence-electron chi connectivity index (χ0n) is 20.1. The summed E-state index contributed by atoms with van der Waals surface area (Å²) in [4.78, 5) is 24.1. The third kappa shape index (κ3) is 6.54. The Bertz CT molecular complexity index is 1350. The van der Waals surface area contributed by atoms with Crippen LogP contribution in [-0.2, 0) is 19.6 Å². The summed E-state index contributed by atoms with van der Waals surface area (Å²) in [7, 11) is -4.00. The molecular weight excluding hydrogens is 464 g/mol. The second-order valence-electron chi connectivity index (χ2n) is 8.11. The number of nitrogens with zero attached hydrogens (tertiary/aromatic N) is 2. The summed E-state index contributed by atoms with van der Waals surface area (Å²) in [5, 5.41) is 6.81. The highest BCUT2D eigenvalue weighted by molar-refractivity contribution is 7.92. The van der Waals surface area contributed by atoms with Crippen LogP contribution in [0.25, 0.3) is 0 Å². The molecule has 9 heteroatoms. The molecule has 2 amide bonds. The molecule has 3 rings (SSSR count). The van der Waals surface area contributed by atoms with Crippen molar-refractivity contribution < 1.29 is 18.0 Å². The SMILES string of the molecule is CC(=O)Nc1ccc(/C(C)=N\NC(=O)CN(c2ccc(C)cc2C)S(=O)(=O)c2ccccc2)cc1. The summed E-state index contributed by atoms with van der Waals surface area (Å²) in [5.74, 6) is -0.757. The number of sulfonamides is 1. The lowest BCUT2D eigenvalue weighted by molar-refractivity contribution is -0.119. The van der Waals surface area contributed by atoms with Gasteiger partial charge in [0.05, 0.1) is 16.3 Å². The number of carbonyl (C=O) groups is 2. The van der Waals surface area contributed by atoms with E-state index in [1.54, 1.807) is 68.4 Å². The Morgan fingerprint density at radius 1 is 0.914 bits per heavy atom. The molecule has 0 fully saturated rings. The topological polar surface area (TPSA) is 108 Å². The predicted molar refractivity (Wildman–Crippen MR) is 138 cm³/mol. The van der Waals surface area contributed by atoms with Gasteiger partial charge in [-0.1, -0.05) is 48.0 Å². The van der Waals surface area contributed by atoms with Gasteiger partial charge in [-0.05, 0) is 62.2 Å². The molecule has 0 spiro atoms. The van der Waals surface area contributed by atoms with Crippen LogP contribution in [0.1, 0.15) is 30.5 Å². The first-order chi connectivity index (χ1) is 16.6. The van der Waals surface area contributed by atoms with Gasteiger partial charge in [0.2, 0.25) is 5.91 Å². The van der Waals surface area contributed by atoms with Gasteiger partial charge in [0.1, 0.15) is 6.54 Å². The molecule has 0 saturated carbocycles. The maximum atomic E-state index is 13.5. The predicted octanol–water partition coefficient (Wildman–Crippen LogP) is 4.00. The average Bonchev–Trinajstić information content (AvgIpc) is 2.82. The van der Waals surface area contributed by atoms with E-state index in [9.17, 15) is 18.0 Å². The summed E-state index contributed by atoms with van der Waals surface area (Å²) in [6.45, 7) is 6.42. The van der Waals surface area contributed by atoms with Crippen LogP contribution in [-0.4, -0.2) is 32.5 Å². The van der Waals surface area contributed by atoms with Gasteiger partial charge in [-0.25, -0.2) is 13.8 Å². The van der Waals surface area contributed by atoms with Gasteiger partial charge in [-0.15, -0.1) is 0 Å². The number of hydrogen-bond acceptors (Lipinski definition) is 5. The number of rotatable bonds is 8. The highest BCUT2D eigenvalue weighted by atomic mass is 32.2. The molecule has 0 bridgehead atoms. The minimum absolute atomic E-state index is 0.0896. The van der Waals surface area contributed by atoms with E-state index in [1.807, 2.05) is 13.0 Å². The molecule has 0 saturated heterocycles. The smallest absolute Gasteiger partial charge is 0.264 e. The Kier molecular flexibility index (Phi) is 8.03. The van der Waals surface area contributed by atoms with E-state index in [4.69, 9.17) is 0 Å². The Morgan fingerprint density at radius 2 is 1.57 bits per heavy atom. The summed E-state index contributed by atoms with van der Waals surface area (Å²) >= 11 is 0. The molecule has 8 nitrogen and oxygen atoms in total. The van der Waals surface area contributed by atoms with Crippen molar-refractivity contribution in [3.8, 4) is 0 Å². The maximum Gasteiger partial charge on any atom is 0.264 e. The third-order valence-corrected chi connectivity index (χ3v) is 6.98. The number of amides is 2. The van der Waals surface area contributed by atoms with Crippen LogP contribution in [0.4, 0.5) is 11.4 Å². The molecule has 3 aromatic rings. The van der Waals surface area contributed by atoms with Crippen molar-refractivity contribution in [1.82, 2.24) is 5.43 Å². The Hall–Kier alpha value is -3.98. The van der Waals surface area contributed by atoms with Crippen LogP contribution in [0, 0.1) is 13.8 Å². The van der Waals surface area contributed by atoms with Gasteiger partial charge >= 0.3 is 0 Å². The second-order valence-corrected chi connectivity index (χ2v) is 9.97.